The number of nitrogen functional groups attached to an aromatic ring is 1. The number of aromatic nitrogens is 1. The van der Waals surface area contributed by atoms with E-state index < -0.39 is 30.2 Å². The number of amides is 1. The number of ketones is 1. The van der Waals surface area contributed by atoms with E-state index in [1.807, 2.05) is 0 Å². The van der Waals surface area contributed by atoms with Gasteiger partial charge < -0.3 is 21.1 Å². The summed E-state index contributed by atoms with van der Waals surface area (Å²) in [7, 11) is 0. The number of anilines is 3. The van der Waals surface area contributed by atoms with Gasteiger partial charge in [0.05, 0.1) is 5.02 Å². The third kappa shape index (κ3) is 4.94. The van der Waals surface area contributed by atoms with Gasteiger partial charge in [0.2, 0.25) is 11.7 Å². The second-order valence-corrected chi connectivity index (χ2v) is 7.87. The molecule has 0 aliphatic carbocycles. The molecule has 1 heterocycles. The number of thiazole rings is 1. The van der Waals surface area contributed by atoms with Crippen LogP contribution in [0.2, 0.25) is 5.02 Å². The lowest BCUT2D eigenvalue weighted by molar-refractivity contribution is -0.118. The Morgan fingerprint density at radius 2 is 1.84 bits per heavy atom. The molecule has 0 fully saturated rings. The minimum atomic E-state index is -2.99. The molecule has 0 saturated carbocycles. The van der Waals surface area contributed by atoms with Crippen LogP contribution >= 0.6 is 22.9 Å². The summed E-state index contributed by atoms with van der Waals surface area (Å²) in [6.07, 6.45) is 0. The van der Waals surface area contributed by atoms with E-state index in [0.29, 0.717) is 0 Å². The van der Waals surface area contributed by atoms with Crippen LogP contribution in [0, 0.1) is 5.82 Å². The first-order valence-electron chi connectivity index (χ1n) is 8.98. The third-order valence-electron chi connectivity index (χ3n) is 4.38. The summed E-state index contributed by atoms with van der Waals surface area (Å²) in [6.45, 7) is -1.51. The van der Waals surface area contributed by atoms with Crippen LogP contribution in [0.15, 0.2) is 42.5 Å². The van der Waals surface area contributed by atoms with E-state index >= 15 is 0 Å². The van der Waals surface area contributed by atoms with E-state index in [4.69, 9.17) is 23.1 Å². The molecule has 0 saturated heterocycles. The first kappa shape index (κ1) is 23.4. The first-order chi connectivity index (χ1) is 15.1. The molecule has 0 radical (unpaired) electrons. The highest BCUT2D eigenvalue weighted by Crippen LogP contribution is 2.37. The molecule has 32 heavy (non-hydrogen) atoms. The van der Waals surface area contributed by atoms with Crippen LogP contribution in [0.25, 0.3) is 0 Å². The lowest BCUT2D eigenvalue weighted by Gasteiger charge is -2.26. The normalized spacial score (nSPS) is 11.9. The summed E-state index contributed by atoms with van der Waals surface area (Å²) in [5.41, 5.74) is 11.7. The second-order valence-electron chi connectivity index (χ2n) is 6.49. The molecule has 0 bridgehead atoms. The number of halogens is 4. The average Bonchev–Trinajstić information content (AvgIpc) is 3.11. The fourth-order valence-corrected chi connectivity index (χ4v) is 3.93. The number of primary amides is 1. The fraction of sp³-hybridized carbons (Fsp3) is 0.150. The van der Waals surface area contributed by atoms with Crippen molar-refractivity contribution in [2.24, 2.45) is 5.73 Å². The van der Waals surface area contributed by atoms with E-state index in [2.05, 4.69) is 9.72 Å². The number of alkyl halides is 2. The molecule has 7 nitrogen and oxygen atoms in total. The minimum absolute atomic E-state index is 0.0404. The SMILES string of the molecule is C[C@@H](C(N)=O)N(c1ccc(Cl)c(F)c1)c1nc(N)c(C(=O)c2ccc(OC(F)F)cc2)s1. The Kier molecular flexibility index (Phi) is 6.90. The molecule has 0 spiro atoms. The predicted molar refractivity (Wildman–Crippen MR) is 115 cm³/mol. The van der Waals surface area contributed by atoms with Crippen LogP contribution in [0.3, 0.4) is 0 Å². The van der Waals surface area contributed by atoms with Gasteiger partial charge in [0, 0.05) is 11.3 Å². The molecular weight excluding hydrogens is 469 g/mol. The van der Waals surface area contributed by atoms with Crippen molar-refractivity contribution >= 4 is 51.3 Å². The zero-order chi connectivity index (χ0) is 23.6. The Balaban J connectivity index is 1.98. The summed E-state index contributed by atoms with van der Waals surface area (Å²) in [4.78, 5) is 30.3. The topological polar surface area (TPSA) is 112 Å². The first-order valence-corrected chi connectivity index (χ1v) is 10.2. The molecular formula is C20H16ClF3N4O3S. The number of rotatable bonds is 8. The molecule has 4 N–H and O–H groups in total. The van der Waals surface area contributed by atoms with Crippen LogP contribution in [0.1, 0.15) is 22.2 Å². The van der Waals surface area contributed by atoms with Crippen molar-refractivity contribution in [2.45, 2.75) is 19.6 Å². The fourth-order valence-electron chi connectivity index (χ4n) is 2.77. The van der Waals surface area contributed by atoms with Gasteiger partial charge in [-0.05, 0) is 49.4 Å². The molecule has 0 aliphatic rings. The van der Waals surface area contributed by atoms with Crippen molar-refractivity contribution in [1.82, 2.24) is 4.98 Å². The molecule has 1 amide bonds. The number of carbonyl (C=O) groups excluding carboxylic acids is 2. The Morgan fingerprint density at radius 3 is 2.41 bits per heavy atom. The van der Waals surface area contributed by atoms with Crippen LogP contribution in [-0.4, -0.2) is 29.3 Å². The van der Waals surface area contributed by atoms with Crippen molar-refractivity contribution < 1.29 is 27.5 Å². The zero-order valence-electron chi connectivity index (χ0n) is 16.4. The van der Waals surface area contributed by atoms with Gasteiger partial charge in [-0.25, -0.2) is 9.37 Å². The summed E-state index contributed by atoms with van der Waals surface area (Å²) >= 11 is 6.60. The van der Waals surface area contributed by atoms with Crippen LogP contribution in [-0.2, 0) is 4.79 Å². The Hall–Kier alpha value is -3.31. The van der Waals surface area contributed by atoms with Crippen LogP contribution in [0.5, 0.6) is 5.75 Å². The maximum Gasteiger partial charge on any atom is 0.387 e. The van der Waals surface area contributed by atoms with Crippen molar-refractivity contribution in [2.75, 3.05) is 10.6 Å². The number of nitrogens with two attached hydrogens (primary N) is 2. The van der Waals surface area contributed by atoms with Crippen LogP contribution in [0.4, 0.5) is 29.8 Å². The molecule has 2 aromatic carbocycles. The van der Waals surface area contributed by atoms with E-state index in [1.54, 1.807) is 0 Å². The highest BCUT2D eigenvalue weighted by molar-refractivity contribution is 7.18. The molecule has 3 rings (SSSR count). The summed E-state index contributed by atoms with van der Waals surface area (Å²) in [5, 5.41) is 0.00532. The Labute approximate surface area is 189 Å². The summed E-state index contributed by atoms with van der Waals surface area (Å²) < 4.78 is 42.9. The summed E-state index contributed by atoms with van der Waals surface area (Å²) in [5.74, 6) is -2.21. The van der Waals surface area contributed by atoms with Gasteiger partial charge in [-0.15, -0.1) is 0 Å². The quantitative estimate of drug-likeness (QED) is 0.459. The predicted octanol–water partition coefficient (Wildman–Crippen LogP) is 4.36. The molecule has 1 atom stereocenters. The lowest BCUT2D eigenvalue weighted by atomic mass is 10.1. The molecule has 0 aliphatic heterocycles. The van der Waals surface area contributed by atoms with Crippen molar-refractivity contribution in [3.05, 3.63) is 63.7 Å². The van der Waals surface area contributed by atoms with Crippen molar-refractivity contribution in [3.8, 4) is 5.75 Å². The number of hydrogen-bond acceptors (Lipinski definition) is 7. The van der Waals surface area contributed by atoms with Crippen molar-refractivity contribution in [3.63, 3.8) is 0 Å². The molecule has 1 aromatic heterocycles. The van der Waals surface area contributed by atoms with Gasteiger partial charge in [-0.2, -0.15) is 8.78 Å². The number of benzene rings is 2. The van der Waals surface area contributed by atoms with E-state index in [1.165, 1.54) is 48.2 Å². The lowest BCUT2D eigenvalue weighted by Crippen LogP contribution is -2.40. The van der Waals surface area contributed by atoms with Crippen molar-refractivity contribution in [1.29, 1.82) is 0 Å². The second kappa shape index (κ2) is 9.45. The molecule has 168 valence electrons. The Bertz CT molecular complexity index is 1160. The number of carbonyl (C=O) groups is 2. The smallest absolute Gasteiger partial charge is 0.387 e. The molecule has 0 unspecified atom stereocenters. The number of nitrogens with zero attached hydrogens (tertiary/aromatic N) is 2. The third-order valence-corrected chi connectivity index (χ3v) is 5.75. The van der Waals surface area contributed by atoms with Gasteiger partial charge in [-0.1, -0.05) is 22.9 Å². The molecule has 3 aromatic rings. The highest BCUT2D eigenvalue weighted by Gasteiger charge is 2.28. The zero-order valence-corrected chi connectivity index (χ0v) is 18.0. The largest absolute Gasteiger partial charge is 0.435 e. The maximum absolute atomic E-state index is 14.0. The monoisotopic (exact) mass is 484 g/mol. The van der Waals surface area contributed by atoms with Gasteiger partial charge in [0.1, 0.15) is 28.3 Å². The van der Waals surface area contributed by atoms with Crippen LogP contribution < -0.4 is 21.1 Å². The van der Waals surface area contributed by atoms with E-state index in [0.717, 1.165) is 17.4 Å². The summed E-state index contributed by atoms with van der Waals surface area (Å²) in [6, 6.07) is 7.95. The number of hydrogen-bond donors (Lipinski definition) is 2. The minimum Gasteiger partial charge on any atom is -0.435 e. The standard InChI is InChI=1S/C20H16ClF3N4O3S/c1-9(18(26)30)28(11-4-7-13(21)14(22)8-11)20-27-17(25)16(32-20)15(29)10-2-5-12(6-3-10)31-19(23)24/h2-9,19H,25H2,1H3,(H2,26,30)/t9-/m0/s1. The molecule has 12 heteroatoms. The Morgan fingerprint density at radius 1 is 1.19 bits per heavy atom. The van der Waals surface area contributed by atoms with Gasteiger partial charge in [0.15, 0.2) is 5.13 Å². The van der Waals surface area contributed by atoms with E-state index in [-0.39, 0.29) is 37.8 Å². The number of ether oxygens (including phenoxy) is 1. The average molecular weight is 485 g/mol. The van der Waals surface area contributed by atoms with Gasteiger partial charge >= 0.3 is 6.61 Å². The maximum atomic E-state index is 14.0. The van der Waals surface area contributed by atoms with Gasteiger partial charge in [-0.3, -0.25) is 9.59 Å². The van der Waals surface area contributed by atoms with E-state index in [9.17, 15) is 22.8 Å². The highest BCUT2D eigenvalue weighted by atomic mass is 35.5. The van der Waals surface area contributed by atoms with Gasteiger partial charge in [0.25, 0.3) is 0 Å².